The predicted molar refractivity (Wildman–Crippen MR) is 79.7 cm³/mol. The summed E-state index contributed by atoms with van der Waals surface area (Å²) in [4.78, 5) is 22.7. The Kier molecular flexibility index (Phi) is 4.26. The summed E-state index contributed by atoms with van der Waals surface area (Å²) in [5.74, 6) is 1.40. The summed E-state index contributed by atoms with van der Waals surface area (Å²) >= 11 is 0. The molecule has 0 unspecified atom stereocenters. The van der Waals surface area contributed by atoms with Crippen LogP contribution < -0.4 is 5.32 Å². The van der Waals surface area contributed by atoms with Crippen molar-refractivity contribution in [3.05, 3.63) is 18.1 Å². The Hall–Kier alpha value is -1.65. The zero-order valence-corrected chi connectivity index (χ0v) is 12.8. The van der Waals surface area contributed by atoms with Crippen LogP contribution in [0.15, 0.2) is 12.4 Å². The molecule has 1 amide bonds. The van der Waals surface area contributed by atoms with E-state index < -0.39 is 0 Å². The standard InChI is InChI=1S/C15H24N4O/c1-11-5-7-19(8-6-11)14(20)12-9-17-13(10-16-12)18-15(2,3)4/h9-11H,5-8H2,1-4H3,(H,17,18). The van der Waals surface area contributed by atoms with E-state index in [1.807, 2.05) is 4.90 Å². The number of aromatic nitrogens is 2. The molecule has 1 fully saturated rings. The van der Waals surface area contributed by atoms with E-state index in [0.717, 1.165) is 25.9 Å². The van der Waals surface area contributed by atoms with Crippen molar-refractivity contribution in [3.8, 4) is 0 Å². The number of nitrogens with one attached hydrogen (secondary N) is 1. The van der Waals surface area contributed by atoms with Crippen molar-refractivity contribution in [2.45, 2.75) is 46.1 Å². The van der Waals surface area contributed by atoms with E-state index in [9.17, 15) is 4.79 Å². The van der Waals surface area contributed by atoms with Crippen molar-refractivity contribution in [3.63, 3.8) is 0 Å². The normalized spacial score (nSPS) is 17.1. The van der Waals surface area contributed by atoms with Gasteiger partial charge >= 0.3 is 0 Å². The summed E-state index contributed by atoms with van der Waals surface area (Å²) < 4.78 is 0. The Morgan fingerprint density at radius 1 is 1.25 bits per heavy atom. The van der Waals surface area contributed by atoms with Gasteiger partial charge in [-0.2, -0.15) is 0 Å². The maximum Gasteiger partial charge on any atom is 0.274 e. The van der Waals surface area contributed by atoms with Gasteiger partial charge in [0.05, 0.1) is 12.4 Å². The van der Waals surface area contributed by atoms with Crippen LogP contribution in [0.3, 0.4) is 0 Å². The first-order valence-electron chi connectivity index (χ1n) is 7.24. The van der Waals surface area contributed by atoms with Crippen LogP contribution in [0.2, 0.25) is 0 Å². The maximum absolute atomic E-state index is 12.3. The Balaban J connectivity index is 2.00. The fourth-order valence-electron chi connectivity index (χ4n) is 2.26. The molecular weight excluding hydrogens is 252 g/mol. The lowest BCUT2D eigenvalue weighted by Gasteiger charge is -2.30. The minimum atomic E-state index is -0.0663. The van der Waals surface area contributed by atoms with Crippen LogP contribution in [-0.2, 0) is 0 Å². The second kappa shape index (κ2) is 5.77. The zero-order valence-electron chi connectivity index (χ0n) is 12.8. The Bertz CT molecular complexity index is 456. The average molecular weight is 276 g/mol. The molecule has 2 rings (SSSR count). The monoisotopic (exact) mass is 276 g/mol. The third-order valence-corrected chi connectivity index (χ3v) is 3.44. The second-order valence-corrected chi connectivity index (χ2v) is 6.64. The Morgan fingerprint density at radius 2 is 1.90 bits per heavy atom. The molecular formula is C15H24N4O. The highest BCUT2D eigenvalue weighted by molar-refractivity contribution is 5.92. The molecule has 0 aromatic carbocycles. The van der Waals surface area contributed by atoms with Crippen molar-refractivity contribution >= 4 is 11.7 Å². The molecule has 0 aliphatic carbocycles. The first kappa shape index (κ1) is 14.8. The van der Waals surface area contributed by atoms with Crippen molar-refractivity contribution < 1.29 is 4.79 Å². The van der Waals surface area contributed by atoms with E-state index in [-0.39, 0.29) is 11.4 Å². The molecule has 1 aromatic rings. The summed E-state index contributed by atoms with van der Waals surface area (Å²) in [6.45, 7) is 10.1. The van der Waals surface area contributed by atoms with Crippen molar-refractivity contribution in [1.29, 1.82) is 0 Å². The highest BCUT2D eigenvalue weighted by atomic mass is 16.2. The molecule has 0 saturated carbocycles. The molecule has 1 saturated heterocycles. The molecule has 20 heavy (non-hydrogen) atoms. The molecule has 1 N–H and O–H groups in total. The Morgan fingerprint density at radius 3 is 2.40 bits per heavy atom. The summed E-state index contributed by atoms with van der Waals surface area (Å²) in [6, 6.07) is 0. The molecule has 0 spiro atoms. The van der Waals surface area contributed by atoms with Crippen molar-refractivity contribution in [2.75, 3.05) is 18.4 Å². The molecule has 1 aromatic heterocycles. The maximum atomic E-state index is 12.3. The fraction of sp³-hybridized carbons (Fsp3) is 0.667. The highest BCUT2D eigenvalue weighted by Crippen LogP contribution is 2.18. The molecule has 5 nitrogen and oxygen atoms in total. The molecule has 1 aliphatic rings. The smallest absolute Gasteiger partial charge is 0.274 e. The summed E-state index contributed by atoms with van der Waals surface area (Å²) in [5.41, 5.74) is 0.363. The summed E-state index contributed by atoms with van der Waals surface area (Å²) in [6.07, 6.45) is 5.34. The lowest BCUT2D eigenvalue weighted by molar-refractivity contribution is 0.0691. The van der Waals surface area contributed by atoms with Gasteiger partial charge in [0.25, 0.3) is 5.91 Å². The minimum Gasteiger partial charge on any atom is -0.364 e. The van der Waals surface area contributed by atoms with Gasteiger partial charge in [-0.3, -0.25) is 4.79 Å². The topological polar surface area (TPSA) is 58.1 Å². The largest absolute Gasteiger partial charge is 0.364 e. The number of piperidine rings is 1. The van der Waals surface area contributed by atoms with Crippen LogP contribution in [0.25, 0.3) is 0 Å². The van der Waals surface area contributed by atoms with E-state index in [1.165, 1.54) is 0 Å². The lowest BCUT2D eigenvalue weighted by Crippen LogP contribution is -2.38. The molecule has 110 valence electrons. The molecule has 5 heteroatoms. The number of carbonyl (C=O) groups is 1. The number of hydrogen-bond acceptors (Lipinski definition) is 4. The number of rotatable bonds is 2. The van der Waals surface area contributed by atoms with Crippen molar-refractivity contribution in [2.24, 2.45) is 5.92 Å². The van der Waals surface area contributed by atoms with Gasteiger partial charge in [0.2, 0.25) is 0 Å². The fourth-order valence-corrected chi connectivity index (χ4v) is 2.26. The SMILES string of the molecule is CC1CCN(C(=O)c2cnc(NC(C)(C)C)cn2)CC1. The van der Waals surface area contributed by atoms with Gasteiger partial charge in [0.1, 0.15) is 11.5 Å². The summed E-state index contributed by atoms with van der Waals surface area (Å²) in [7, 11) is 0. The predicted octanol–water partition coefficient (Wildman–Crippen LogP) is 2.56. The number of hydrogen-bond donors (Lipinski definition) is 1. The zero-order chi connectivity index (χ0) is 14.8. The highest BCUT2D eigenvalue weighted by Gasteiger charge is 2.22. The molecule has 2 heterocycles. The van der Waals surface area contributed by atoms with Crippen LogP contribution in [-0.4, -0.2) is 39.4 Å². The molecule has 0 radical (unpaired) electrons. The van der Waals surface area contributed by atoms with Gasteiger partial charge < -0.3 is 10.2 Å². The number of nitrogens with zero attached hydrogens (tertiary/aromatic N) is 3. The van der Waals surface area contributed by atoms with Gasteiger partial charge in [-0.15, -0.1) is 0 Å². The second-order valence-electron chi connectivity index (χ2n) is 6.64. The third kappa shape index (κ3) is 3.92. The van der Waals surface area contributed by atoms with E-state index in [0.29, 0.717) is 17.4 Å². The van der Waals surface area contributed by atoms with Gasteiger partial charge in [-0.1, -0.05) is 6.92 Å². The summed E-state index contributed by atoms with van der Waals surface area (Å²) in [5, 5.41) is 3.23. The molecule has 0 bridgehead atoms. The van der Waals surface area contributed by atoms with Gasteiger partial charge in [0, 0.05) is 18.6 Å². The van der Waals surface area contributed by atoms with Crippen LogP contribution in [0.5, 0.6) is 0 Å². The minimum absolute atomic E-state index is 0.00768. The molecule has 0 atom stereocenters. The van der Waals surface area contributed by atoms with Gasteiger partial charge in [0.15, 0.2) is 0 Å². The van der Waals surface area contributed by atoms with Gasteiger partial charge in [-0.25, -0.2) is 9.97 Å². The third-order valence-electron chi connectivity index (χ3n) is 3.44. The lowest BCUT2D eigenvalue weighted by atomic mass is 9.99. The van der Waals surface area contributed by atoms with E-state index in [4.69, 9.17) is 0 Å². The quantitative estimate of drug-likeness (QED) is 0.902. The average Bonchev–Trinajstić information content (AvgIpc) is 2.38. The van der Waals surface area contributed by atoms with Crippen LogP contribution >= 0.6 is 0 Å². The van der Waals surface area contributed by atoms with Crippen LogP contribution in [0, 0.1) is 5.92 Å². The van der Waals surface area contributed by atoms with Crippen LogP contribution in [0.4, 0.5) is 5.82 Å². The van der Waals surface area contributed by atoms with Crippen molar-refractivity contribution in [1.82, 2.24) is 14.9 Å². The first-order valence-corrected chi connectivity index (χ1v) is 7.24. The van der Waals surface area contributed by atoms with Crippen LogP contribution in [0.1, 0.15) is 51.0 Å². The molecule has 1 aliphatic heterocycles. The Labute approximate surface area is 120 Å². The van der Waals surface area contributed by atoms with E-state index in [2.05, 4.69) is 43.0 Å². The van der Waals surface area contributed by atoms with E-state index >= 15 is 0 Å². The number of amides is 1. The number of likely N-dealkylation sites (tertiary alicyclic amines) is 1. The van der Waals surface area contributed by atoms with Gasteiger partial charge in [-0.05, 0) is 39.5 Å². The number of carbonyl (C=O) groups excluding carboxylic acids is 1. The van der Waals surface area contributed by atoms with E-state index in [1.54, 1.807) is 12.4 Å². The first-order chi connectivity index (χ1) is 9.35. The number of anilines is 1.